The molecule has 0 bridgehead atoms. The Hall–Kier alpha value is -2.09. The topological polar surface area (TPSA) is 20.3 Å². The van der Waals surface area contributed by atoms with E-state index in [1.165, 1.54) is 0 Å². The van der Waals surface area contributed by atoms with Crippen molar-refractivity contribution in [3.63, 3.8) is 0 Å². The summed E-state index contributed by atoms with van der Waals surface area (Å²) in [4.78, 5) is 15.3. The monoisotopic (exact) mass is 309 g/mol. The number of anilines is 1. The minimum Gasteiger partial charge on any atom is -0.361 e. The van der Waals surface area contributed by atoms with Gasteiger partial charge in [-0.3, -0.25) is 4.79 Å². The lowest BCUT2D eigenvalue weighted by molar-refractivity contribution is 0.103. The van der Waals surface area contributed by atoms with Gasteiger partial charge in [-0.05, 0) is 53.7 Å². The molecule has 0 heterocycles. The molecule has 0 unspecified atom stereocenters. The SMILES string of the molecule is CC(C)(C)N(c1ccccc1C(=O)c1ccccc1)C(C)(C)C. The van der Waals surface area contributed by atoms with Gasteiger partial charge in [0, 0.05) is 27.9 Å². The van der Waals surface area contributed by atoms with Crippen LogP contribution in [-0.2, 0) is 0 Å². The molecule has 0 N–H and O–H groups in total. The number of hydrogen-bond donors (Lipinski definition) is 0. The van der Waals surface area contributed by atoms with Crippen LogP contribution in [0.2, 0.25) is 0 Å². The van der Waals surface area contributed by atoms with Crippen LogP contribution in [0.15, 0.2) is 54.6 Å². The maximum atomic E-state index is 13.0. The molecule has 0 aliphatic rings. The first-order valence-electron chi connectivity index (χ1n) is 8.11. The molecule has 2 heteroatoms. The van der Waals surface area contributed by atoms with Gasteiger partial charge in [0.2, 0.25) is 0 Å². The number of benzene rings is 2. The van der Waals surface area contributed by atoms with Crippen LogP contribution in [0.3, 0.4) is 0 Å². The predicted molar refractivity (Wildman–Crippen MR) is 98.3 cm³/mol. The molecule has 122 valence electrons. The molecule has 0 spiro atoms. The van der Waals surface area contributed by atoms with Crippen LogP contribution in [0.4, 0.5) is 5.69 Å². The number of carbonyl (C=O) groups excluding carboxylic acids is 1. The van der Waals surface area contributed by atoms with Crippen molar-refractivity contribution in [3.8, 4) is 0 Å². The number of nitrogens with zero attached hydrogens (tertiary/aromatic N) is 1. The van der Waals surface area contributed by atoms with E-state index in [9.17, 15) is 4.79 Å². The van der Waals surface area contributed by atoms with Crippen LogP contribution in [0, 0.1) is 0 Å². The Morgan fingerprint density at radius 1 is 0.739 bits per heavy atom. The molecule has 0 amide bonds. The first kappa shape index (κ1) is 17.3. The molecule has 0 aromatic heterocycles. The van der Waals surface area contributed by atoms with E-state index >= 15 is 0 Å². The Labute approximate surface area is 140 Å². The first-order valence-corrected chi connectivity index (χ1v) is 8.11. The molecule has 2 aromatic carbocycles. The summed E-state index contributed by atoms with van der Waals surface area (Å²) in [5.74, 6) is 0.0692. The Morgan fingerprint density at radius 2 is 1.22 bits per heavy atom. The zero-order valence-electron chi connectivity index (χ0n) is 15.1. The average Bonchev–Trinajstić information content (AvgIpc) is 2.45. The average molecular weight is 309 g/mol. The number of para-hydroxylation sites is 1. The van der Waals surface area contributed by atoms with Crippen molar-refractivity contribution < 1.29 is 4.79 Å². The fraction of sp³-hybridized carbons (Fsp3) is 0.381. The van der Waals surface area contributed by atoms with Crippen molar-refractivity contribution in [1.29, 1.82) is 0 Å². The lowest BCUT2D eigenvalue weighted by Crippen LogP contribution is -2.53. The van der Waals surface area contributed by atoms with Crippen LogP contribution in [0.1, 0.15) is 57.5 Å². The Morgan fingerprint density at radius 3 is 1.74 bits per heavy atom. The first-order chi connectivity index (χ1) is 10.6. The summed E-state index contributed by atoms with van der Waals surface area (Å²) in [6.45, 7) is 13.1. The van der Waals surface area contributed by atoms with Gasteiger partial charge in [-0.15, -0.1) is 0 Å². The summed E-state index contributed by atoms with van der Waals surface area (Å²) in [5, 5.41) is 0. The largest absolute Gasteiger partial charge is 0.361 e. The fourth-order valence-corrected chi connectivity index (χ4v) is 3.33. The zero-order chi connectivity index (χ0) is 17.3. The van der Waals surface area contributed by atoms with Crippen molar-refractivity contribution in [2.75, 3.05) is 4.90 Å². The minimum absolute atomic E-state index is 0.0692. The van der Waals surface area contributed by atoms with Crippen LogP contribution in [0.25, 0.3) is 0 Å². The Balaban J connectivity index is 2.59. The van der Waals surface area contributed by atoms with Gasteiger partial charge in [-0.1, -0.05) is 42.5 Å². The fourth-order valence-electron chi connectivity index (χ4n) is 3.33. The van der Waals surface area contributed by atoms with Gasteiger partial charge < -0.3 is 4.90 Å². The van der Waals surface area contributed by atoms with Crippen molar-refractivity contribution >= 4 is 11.5 Å². The summed E-state index contributed by atoms with van der Waals surface area (Å²) in [5.41, 5.74) is 2.28. The predicted octanol–water partition coefficient (Wildman–Crippen LogP) is 5.32. The van der Waals surface area contributed by atoms with E-state index in [1.807, 2.05) is 54.6 Å². The zero-order valence-corrected chi connectivity index (χ0v) is 15.1. The minimum atomic E-state index is -0.0919. The normalized spacial score (nSPS) is 12.1. The van der Waals surface area contributed by atoms with E-state index < -0.39 is 0 Å². The summed E-state index contributed by atoms with van der Waals surface area (Å²) >= 11 is 0. The molecule has 23 heavy (non-hydrogen) atoms. The van der Waals surface area contributed by atoms with Crippen molar-refractivity contribution in [3.05, 3.63) is 65.7 Å². The van der Waals surface area contributed by atoms with Gasteiger partial charge in [0.05, 0.1) is 0 Å². The van der Waals surface area contributed by atoms with Gasteiger partial charge in [-0.2, -0.15) is 0 Å². The van der Waals surface area contributed by atoms with Gasteiger partial charge in [-0.25, -0.2) is 0 Å². The van der Waals surface area contributed by atoms with Crippen LogP contribution in [-0.4, -0.2) is 16.9 Å². The maximum absolute atomic E-state index is 13.0. The smallest absolute Gasteiger partial charge is 0.195 e. The molecule has 0 atom stereocenters. The standard InChI is InChI=1S/C21H27NO/c1-20(2,3)22(21(4,5)6)18-15-11-10-14-17(18)19(23)16-12-8-7-9-13-16/h7-15H,1-6H3. The molecule has 0 saturated heterocycles. The Kier molecular flexibility index (Phi) is 4.65. The molecule has 0 aliphatic heterocycles. The molecule has 2 aromatic rings. The van der Waals surface area contributed by atoms with Gasteiger partial charge >= 0.3 is 0 Å². The highest BCUT2D eigenvalue weighted by Gasteiger charge is 2.33. The van der Waals surface area contributed by atoms with Crippen molar-refractivity contribution in [1.82, 2.24) is 0 Å². The molecule has 0 saturated carbocycles. The molecular weight excluding hydrogens is 282 g/mol. The third-order valence-corrected chi connectivity index (χ3v) is 3.77. The third-order valence-electron chi connectivity index (χ3n) is 3.77. The third kappa shape index (κ3) is 3.82. The summed E-state index contributed by atoms with van der Waals surface area (Å²) in [6, 6.07) is 17.4. The van der Waals surface area contributed by atoms with E-state index in [0.717, 1.165) is 16.8 Å². The molecule has 0 radical (unpaired) electrons. The Bertz CT molecular complexity index is 661. The van der Waals surface area contributed by atoms with Gasteiger partial charge in [0.25, 0.3) is 0 Å². The second-order valence-corrected chi connectivity index (χ2v) is 7.89. The van der Waals surface area contributed by atoms with Crippen LogP contribution >= 0.6 is 0 Å². The lowest BCUT2D eigenvalue weighted by atomic mass is 9.91. The summed E-state index contributed by atoms with van der Waals surface area (Å²) in [7, 11) is 0. The number of carbonyl (C=O) groups is 1. The number of rotatable bonds is 3. The molecule has 2 nitrogen and oxygen atoms in total. The van der Waals surface area contributed by atoms with E-state index in [4.69, 9.17) is 0 Å². The molecule has 2 rings (SSSR count). The summed E-state index contributed by atoms with van der Waals surface area (Å²) in [6.07, 6.45) is 0. The molecule has 0 aliphatic carbocycles. The van der Waals surface area contributed by atoms with Gasteiger partial charge in [0.15, 0.2) is 5.78 Å². The highest BCUT2D eigenvalue weighted by atomic mass is 16.1. The summed E-state index contributed by atoms with van der Waals surface area (Å²) < 4.78 is 0. The number of ketones is 1. The van der Waals surface area contributed by atoms with Crippen LogP contribution < -0.4 is 4.90 Å². The van der Waals surface area contributed by atoms with Gasteiger partial charge in [0.1, 0.15) is 0 Å². The number of hydrogen-bond acceptors (Lipinski definition) is 2. The van der Waals surface area contributed by atoms with E-state index in [-0.39, 0.29) is 16.9 Å². The van der Waals surface area contributed by atoms with E-state index in [1.54, 1.807) is 0 Å². The van der Waals surface area contributed by atoms with Crippen molar-refractivity contribution in [2.24, 2.45) is 0 Å². The van der Waals surface area contributed by atoms with Crippen molar-refractivity contribution in [2.45, 2.75) is 52.6 Å². The quantitative estimate of drug-likeness (QED) is 0.715. The highest BCUT2D eigenvalue weighted by Crippen LogP contribution is 2.35. The second-order valence-electron chi connectivity index (χ2n) is 7.89. The van der Waals surface area contributed by atoms with E-state index in [0.29, 0.717) is 0 Å². The van der Waals surface area contributed by atoms with Crippen LogP contribution in [0.5, 0.6) is 0 Å². The molecule has 0 fully saturated rings. The molecular formula is C21H27NO. The highest BCUT2D eigenvalue weighted by molar-refractivity contribution is 6.12. The second kappa shape index (κ2) is 6.19. The maximum Gasteiger partial charge on any atom is 0.195 e. The van der Waals surface area contributed by atoms with E-state index in [2.05, 4.69) is 46.4 Å². The lowest BCUT2D eigenvalue weighted by Gasteiger charge is -2.48.